The van der Waals surface area contributed by atoms with Gasteiger partial charge in [0.15, 0.2) is 34.7 Å². The first-order chi connectivity index (χ1) is 17.3. The van der Waals surface area contributed by atoms with Gasteiger partial charge in [-0.25, -0.2) is 0 Å². The van der Waals surface area contributed by atoms with E-state index in [9.17, 15) is 34.2 Å². The quantitative estimate of drug-likeness (QED) is 0.380. The number of nitrogens with zero attached hydrogens (tertiary/aromatic N) is 1. The van der Waals surface area contributed by atoms with Crippen LogP contribution in [0.1, 0.15) is 54.6 Å². The van der Waals surface area contributed by atoms with Crippen molar-refractivity contribution in [3.63, 3.8) is 0 Å². The highest BCUT2D eigenvalue weighted by atomic mass is 16.3. The Morgan fingerprint density at radius 2 is 1.89 bits per heavy atom. The summed E-state index contributed by atoms with van der Waals surface area (Å²) in [5.41, 5.74) is 4.45. The predicted octanol–water partition coefficient (Wildman–Crippen LogP) is 0.529. The molecule has 0 heterocycles. The first-order valence-corrected chi connectivity index (χ1v) is 12.8. The van der Waals surface area contributed by atoms with Crippen LogP contribution in [0.4, 0.5) is 5.69 Å². The molecule has 1 aromatic carbocycles. The molecule has 37 heavy (non-hydrogen) atoms. The number of aliphatic hydroxyl groups is 1. The number of rotatable bonds is 7. The Hall–Kier alpha value is -3.11. The molecule has 0 spiro atoms. The lowest BCUT2D eigenvalue weighted by atomic mass is 9.53. The number of carbonyl (C=O) groups is 5. The van der Waals surface area contributed by atoms with E-state index >= 15 is 0 Å². The molecule has 0 aromatic heterocycles. The number of hydrogen-bond donors (Lipinski definition) is 4. The summed E-state index contributed by atoms with van der Waals surface area (Å²) in [6.07, 6.45) is 0.972. The Labute approximate surface area is 215 Å². The molecule has 2 fully saturated rings. The van der Waals surface area contributed by atoms with Crippen molar-refractivity contribution in [2.75, 3.05) is 25.5 Å². The fourth-order valence-corrected chi connectivity index (χ4v) is 6.20. The van der Waals surface area contributed by atoms with Gasteiger partial charge in [0, 0.05) is 44.2 Å². The number of carbonyl (C=O) groups excluding carboxylic acids is 5. The Morgan fingerprint density at radius 3 is 2.49 bits per heavy atom. The number of fused-ring (bicyclic) bond motifs is 3. The third kappa shape index (κ3) is 4.16. The predicted molar refractivity (Wildman–Crippen MR) is 134 cm³/mol. The van der Waals surface area contributed by atoms with Gasteiger partial charge in [-0.15, -0.1) is 0 Å². The number of benzene rings is 1. The second-order valence-corrected chi connectivity index (χ2v) is 11.0. The van der Waals surface area contributed by atoms with Crippen LogP contribution in [0.25, 0.3) is 0 Å². The van der Waals surface area contributed by atoms with Crippen molar-refractivity contribution in [1.82, 2.24) is 5.32 Å². The van der Waals surface area contributed by atoms with E-state index in [1.165, 1.54) is 0 Å². The van der Waals surface area contributed by atoms with Crippen molar-refractivity contribution in [3.05, 3.63) is 22.8 Å². The molecular formula is C27H35N3O7. The topological polar surface area (TPSA) is 167 Å². The molecule has 5 N–H and O–H groups in total. The summed E-state index contributed by atoms with van der Waals surface area (Å²) < 4.78 is 0. The lowest BCUT2D eigenvalue weighted by Gasteiger charge is -2.48. The standard InChI is InChI=1S/C27H35N3O7/c1-5-12(2)10-29-11-14-8-17(30(3)4)16-7-13-6-15-9-18(31)21(26(28)36)25(35)27(15,37)24(34)19(13)23(33)20(16)22(14)32/h8,12-13,15,19,21,29,32,37H,5-7,9-11H2,1-4H3,(H2,28,36)/t12?,13-,15+,19?,21?,27+/m1/s1. The lowest BCUT2D eigenvalue weighted by Crippen LogP contribution is -2.68. The minimum atomic E-state index is -2.64. The van der Waals surface area contributed by atoms with E-state index in [4.69, 9.17) is 5.73 Å². The Balaban J connectivity index is 1.76. The van der Waals surface area contributed by atoms with Crippen molar-refractivity contribution in [2.24, 2.45) is 35.3 Å². The molecule has 0 radical (unpaired) electrons. The largest absolute Gasteiger partial charge is 0.507 e. The molecule has 10 nitrogen and oxygen atoms in total. The van der Waals surface area contributed by atoms with Crippen LogP contribution in [-0.2, 0) is 32.1 Å². The van der Waals surface area contributed by atoms with Crippen molar-refractivity contribution in [1.29, 1.82) is 0 Å². The molecule has 1 aromatic rings. The lowest BCUT2D eigenvalue weighted by molar-refractivity contribution is -0.175. The van der Waals surface area contributed by atoms with Gasteiger partial charge in [-0.05, 0) is 42.9 Å². The molecule has 200 valence electrons. The first-order valence-electron chi connectivity index (χ1n) is 12.8. The first kappa shape index (κ1) is 26.9. The van der Waals surface area contributed by atoms with Gasteiger partial charge in [-0.2, -0.15) is 0 Å². The highest BCUT2D eigenvalue weighted by molar-refractivity contribution is 6.31. The molecular weight excluding hydrogens is 478 g/mol. The molecule has 3 aliphatic rings. The van der Waals surface area contributed by atoms with Gasteiger partial charge in [0.1, 0.15) is 5.75 Å². The maximum absolute atomic E-state index is 13.8. The average Bonchev–Trinajstić information content (AvgIpc) is 2.82. The van der Waals surface area contributed by atoms with E-state index in [0.29, 0.717) is 23.6 Å². The second-order valence-electron chi connectivity index (χ2n) is 11.0. The van der Waals surface area contributed by atoms with Gasteiger partial charge in [0.25, 0.3) is 0 Å². The number of aromatic hydroxyl groups is 1. The summed E-state index contributed by atoms with van der Waals surface area (Å²) in [5.74, 6) is -9.54. The number of amides is 1. The minimum Gasteiger partial charge on any atom is -0.507 e. The van der Waals surface area contributed by atoms with Crippen LogP contribution in [0, 0.1) is 29.6 Å². The van der Waals surface area contributed by atoms with E-state index in [1.54, 1.807) is 0 Å². The summed E-state index contributed by atoms with van der Waals surface area (Å²) in [6, 6.07) is 1.83. The SMILES string of the molecule is CCC(C)CNCc1cc(N(C)C)c2c(c1O)C(=O)C1C(=O)[C@]3(O)C(=O)C(C(N)=O)C(=O)C[C@@H]3C[C@@H]1C2. The zero-order valence-electron chi connectivity index (χ0n) is 21.7. The number of Topliss-reactive ketones (excluding diaryl/α,β-unsaturated/α-hetero) is 4. The van der Waals surface area contributed by atoms with Gasteiger partial charge < -0.3 is 26.2 Å². The number of nitrogens with two attached hydrogens (primary N) is 1. The molecule has 1 amide bonds. The Kier molecular flexibility index (Phi) is 7.02. The zero-order valence-corrected chi connectivity index (χ0v) is 21.7. The molecule has 3 unspecified atom stereocenters. The van der Waals surface area contributed by atoms with Gasteiger partial charge in [-0.1, -0.05) is 20.3 Å². The summed E-state index contributed by atoms with van der Waals surface area (Å²) in [4.78, 5) is 66.7. The zero-order chi connectivity index (χ0) is 27.4. The van der Waals surface area contributed by atoms with Gasteiger partial charge in [0.2, 0.25) is 5.91 Å². The van der Waals surface area contributed by atoms with Crippen LogP contribution in [0.3, 0.4) is 0 Å². The van der Waals surface area contributed by atoms with E-state index in [1.807, 2.05) is 25.1 Å². The third-order valence-corrected chi connectivity index (χ3v) is 8.44. The average molecular weight is 514 g/mol. The van der Waals surface area contributed by atoms with Gasteiger partial charge >= 0.3 is 0 Å². The van der Waals surface area contributed by atoms with Gasteiger partial charge in [-0.3, -0.25) is 24.0 Å². The number of nitrogens with one attached hydrogen (secondary N) is 1. The molecule has 0 saturated heterocycles. The maximum Gasteiger partial charge on any atom is 0.235 e. The molecule has 0 bridgehead atoms. The van der Waals surface area contributed by atoms with Crippen molar-refractivity contribution < 1.29 is 34.2 Å². The van der Waals surface area contributed by atoms with Crippen LogP contribution in [0.15, 0.2) is 6.07 Å². The van der Waals surface area contributed by atoms with Crippen LogP contribution in [0.5, 0.6) is 5.75 Å². The minimum absolute atomic E-state index is 0.0222. The summed E-state index contributed by atoms with van der Waals surface area (Å²) >= 11 is 0. The van der Waals surface area contributed by atoms with Crippen LogP contribution >= 0.6 is 0 Å². The molecule has 3 aliphatic carbocycles. The smallest absolute Gasteiger partial charge is 0.235 e. The Morgan fingerprint density at radius 1 is 1.22 bits per heavy atom. The van der Waals surface area contributed by atoms with E-state index < -0.39 is 58.3 Å². The number of phenolic OH excluding ortho intramolecular Hbond substituents is 1. The second kappa shape index (κ2) is 9.64. The van der Waals surface area contributed by atoms with Crippen molar-refractivity contribution in [3.8, 4) is 5.75 Å². The van der Waals surface area contributed by atoms with Crippen LogP contribution in [0.2, 0.25) is 0 Å². The van der Waals surface area contributed by atoms with Crippen LogP contribution < -0.4 is 16.0 Å². The molecule has 6 atom stereocenters. The Bertz CT molecular complexity index is 1190. The molecule has 2 saturated carbocycles. The number of primary amides is 1. The molecule has 10 heteroatoms. The van der Waals surface area contributed by atoms with Crippen molar-refractivity contribution in [2.45, 2.75) is 51.7 Å². The highest BCUT2D eigenvalue weighted by Gasteiger charge is 2.66. The number of hydrogen-bond acceptors (Lipinski definition) is 9. The molecule has 4 rings (SSSR count). The number of phenols is 1. The molecule has 0 aliphatic heterocycles. The normalized spacial score (nSPS) is 29.9. The number of anilines is 1. The fourth-order valence-electron chi connectivity index (χ4n) is 6.20. The number of ketones is 4. The highest BCUT2D eigenvalue weighted by Crippen LogP contribution is 2.51. The van der Waals surface area contributed by atoms with E-state index in [0.717, 1.165) is 18.7 Å². The van der Waals surface area contributed by atoms with Gasteiger partial charge in [0.05, 0.1) is 11.5 Å². The summed E-state index contributed by atoms with van der Waals surface area (Å²) in [5, 5.41) is 25.8. The third-order valence-electron chi connectivity index (χ3n) is 8.44. The summed E-state index contributed by atoms with van der Waals surface area (Å²) in [6.45, 7) is 5.22. The fraction of sp³-hybridized carbons (Fsp3) is 0.593. The van der Waals surface area contributed by atoms with E-state index in [2.05, 4.69) is 19.2 Å². The summed E-state index contributed by atoms with van der Waals surface area (Å²) in [7, 11) is 3.65. The van der Waals surface area contributed by atoms with E-state index in [-0.39, 0.29) is 30.6 Å². The maximum atomic E-state index is 13.8. The van der Waals surface area contributed by atoms with Crippen LogP contribution in [-0.4, -0.2) is 65.5 Å². The van der Waals surface area contributed by atoms with Crippen molar-refractivity contribution >= 4 is 34.7 Å². The monoisotopic (exact) mass is 513 g/mol.